The molecule has 124 valence electrons. The summed E-state index contributed by atoms with van der Waals surface area (Å²) in [5.74, 6) is 0.252. The molecular weight excluding hydrogens is 290 g/mol. The van der Waals surface area contributed by atoms with E-state index in [0.29, 0.717) is 25.6 Å². The summed E-state index contributed by atoms with van der Waals surface area (Å²) in [6.45, 7) is 1.89. The Labute approximate surface area is 137 Å². The van der Waals surface area contributed by atoms with E-state index in [2.05, 4.69) is 10.2 Å². The van der Waals surface area contributed by atoms with Crippen LogP contribution in [0.5, 0.6) is 0 Å². The van der Waals surface area contributed by atoms with Gasteiger partial charge in [-0.1, -0.05) is 12.1 Å². The number of benzene rings is 1. The third-order valence-electron chi connectivity index (χ3n) is 4.57. The number of likely N-dealkylation sites (tertiary alicyclic amines) is 1. The summed E-state index contributed by atoms with van der Waals surface area (Å²) in [6.07, 6.45) is 5.13. The molecule has 0 aromatic heterocycles. The average Bonchev–Trinajstić information content (AvgIpc) is 3.34. The number of carbonyl (C=O) groups excluding carboxylic acids is 2. The van der Waals surface area contributed by atoms with Crippen LogP contribution in [0.25, 0.3) is 0 Å². The molecule has 0 bridgehead atoms. The van der Waals surface area contributed by atoms with Gasteiger partial charge in [0, 0.05) is 31.2 Å². The topological polar surface area (TPSA) is 52.7 Å². The Bertz CT molecular complexity index is 583. The first-order chi connectivity index (χ1) is 11.1. The maximum atomic E-state index is 12.1. The molecule has 1 aliphatic heterocycles. The van der Waals surface area contributed by atoms with Crippen molar-refractivity contribution in [1.29, 1.82) is 0 Å². The van der Waals surface area contributed by atoms with Crippen molar-refractivity contribution in [2.45, 2.75) is 44.7 Å². The summed E-state index contributed by atoms with van der Waals surface area (Å²) in [7, 11) is 2.00. The van der Waals surface area contributed by atoms with E-state index in [1.54, 1.807) is 0 Å². The second kappa shape index (κ2) is 7.13. The summed E-state index contributed by atoms with van der Waals surface area (Å²) < 4.78 is 0. The van der Waals surface area contributed by atoms with E-state index in [-0.39, 0.29) is 11.8 Å². The first-order valence-corrected chi connectivity index (χ1v) is 8.48. The van der Waals surface area contributed by atoms with E-state index in [0.717, 1.165) is 30.6 Å². The summed E-state index contributed by atoms with van der Waals surface area (Å²) in [5, 5.41) is 2.96. The van der Waals surface area contributed by atoms with Gasteiger partial charge in [0.1, 0.15) is 0 Å². The van der Waals surface area contributed by atoms with Crippen molar-refractivity contribution in [3.63, 3.8) is 0 Å². The fraction of sp³-hybridized carbons (Fsp3) is 0.556. The summed E-state index contributed by atoms with van der Waals surface area (Å²) in [4.78, 5) is 28.0. The zero-order valence-electron chi connectivity index (χ0n) is 13.8. The minimum Gasteiger partial charge on any atom is -0.338 e. The van der Waals surface area contributed by atoms with Gasteiger partial charge in [-0.05, 0) is 50.4 Å². The van der Waals surface area contributed by atoms with Gasteiger partial charge in [-0.3, -0.25) is 14.5 Å². The van der Waals surface area contributed by atoms with Gasteiger partial charge in [-0.15, -0.1) is 0 Å². The van der Waals surface area contributed by atoms with E-state index in [9.17, 15) is 9.59 Å². The molecule has 2 amide bonds. The highest BCUT2D eigenvalue weighted by molar-refractivity contribution is 5.92. The number of nitrogens with zero attached hydrogens (tertiary/aromatic N) is 2. The highest BCUT2D eigenvalue weighted by Gasteiger charge is 2.27. The molecule has 23 heavy (non-hydrogen) atoms. The largest absolute Gasteiger partial charge is 0.338 e. The van der Waals surface area contributed by atoms with E-state index < -0.39 is 0 Å². The second-order valence-electron chi connectivity index (χ2n) is 6.67. The first-order valence-electron chi connectivity index (χ1n) is 8.48. The lowest BCUT2D eigenvalue weighted by Gasteiger charge is -2.26. The predicted octanol–water partition coefficient (Wildman–Crippen LogP) is 2.23. The van der Waals surface area contributed by atoms with Crippen molar-refractivity contribution >= 4 is 17.5 Å². The van der Waals surface area contributed by atoms with Crippen LogP contribution in [0.4, 0.5) is 5.69 Å². The van der Waals surface area contributed by atoms with Crippen LogP contribution in [0.15, 0.2) is 24.3 Å². The second-order valence-corrected chi connectivity index (χ2v) is 6.67. The highest BCUT2D eigenvalue weighted by Crippen LogP contribution is 2.25. The molecule has 1 aromatic carbocycles. The van der Waals surface area contributed by atoms with Crippen LogP contribution in [-0.2, 0) is 16.1 Å². The maximum absolute atomic E-state index is 12.1. The Kier molecular flexibility index (Phi) is 4.96. The summed E-state index contributed by atoms with van der Waals surface area (Å²) >= 11 is 0. The monoisotopic (exact) mass is 315 g/mol. The highest BCUT2D eigenvalue weighted by atomic mass is 16.2. The van der Waals surface area contributed by atoms with Gasteiger partial charge < -0.3 is 10.2 Å². The molecule has 2 aliphatic rings. The minimum atomic E-state index is 0.0191. The molecule has 1 saturated carbocycles. The number of rotatable bonds is 6. The fourth-order valence-electron chi connectivity index (χ4n) is 3.07. The molecule has 1 N–H and O–H groups in total. The van der Waals surface area contributed by atoms with Crippen LogP contribution in [-0.4, -0.2) is 47.8 Å². The van der Waals surface area contributed by atoms with Crippen molar-refractivity contribution in [2.24, 2.45) is 0 Å². The molecule has 2 fully saturated rings. The number of anilines is 1. The van der Waals surface area contributed by atoms with Crippen LogP contribution in [0.1, 0.15) is 37.7 Å². The fourth-order valence-corrected chi connectivity index (χ4v) is 3.07. The Morgan fingerprint density at radius 2 is 2.17 bits per heavy atom. The van der Waals surface area contributed by atoms with Crippen molar-refractivity contribution in [3.8, 4) is 0 Å². The lowest BCUT2D eigenvalue weighted by Crippen LogP contribution is -2.34. The number of hydrogen-bond acceptors (Lipinski definition) is 3. The van der Waals surface area contributed by atoms with Gasteiger partial charge in [-0.2, -0.15) is 0 Å². The number of amides is 2. The van der Waals surface area contributed by atoms with Gasteiger partial charge in [0.05, 0.1) is 6.54 Å². The van der Waals surface area contributed by atoms with Gasteiger partial charge in [-0.25, -0.2) is 0 Å². The normalized spacial score (nSPS) is 18.3. The molecule has 0 unspecified atom stereocenters. The number of carbonyl (C=O) groups is 2. The van der Waals surface area contributed by atoms with Crippen LogP contribution >= 0.6 is 0 Å². The molecule has 1 aliphatic carbocycles. The molecule has 5 nitrogen and oxygen atoms in total. The van der Waals surface area contributed by atoms with Crippen molar-refractivity contribution in [3.05, 3.63) is 29.8 Å². The van der Waals surface area contributed by atoms with Crippen LogP contribution < -0.4 is 5.32 Å². The van der Waals surface area contributed by atoms with Gasteiger partial charge >= 0.3 is 0 Å². The molecule has 1 saturated heterocycles. The smallest absolute Gasteiger partial charge is 0.238 e. The molecular formula is C18H25N3O2. The lowest BCUT2D eigenvalue weighted by molar-refractivity contribution is -0.133. The minimum absolute atomic E-state index is 0.0191. The van der Waals surface area contributed by atoms with Gasteiger partial charge in [0.25, 0.3) is 0 Å². The quantitative estimate of drug-likeness (QED) is 0.876. The van der Waals surface area contributed by atoms with Crippen molar-refractivity contribution in [2.75, 3.05) is 25.5 Å². The van der Waals surface area contributed by atoms with Crippen molar-refractivity contribution < 1.29 is 9.59 Å². The van der Waals surface area contributed by atoms with E-state index >= 15 is 0 Å². The summed E-state index contributed by atoms with van der Waals surface area (Å²) in [5.41, 5.74) is 1.87. The molecule has 5 heteroatoms. The van der Waals surface area contributed by atoms with E-state index in [1.807, 2.05) is 36.2 Å². The first kappa shape index (κ1) is 16.0. The Hall–Kier alpha value is -1.88. The number of likely N-dealkylation sites (N-methyl/N-ethyl adjacent to an activating group) is 1. The molecule has 0 atom stereocenters. The van der Waals surface area contributed by atoms with Crippen LogP contribution in [0, 0.1) is 0 Å². The molecule has 1 aromatic rings. The number of nitrogens with one attached hydrogen (secondary N) is 1. The molecule has 0 spiro atoms. The van der Waals surface area contributed by atoms with Crippen LogP contribution in [0.3, 0.4) is 0 Å². The number of piperidine rings is 1. The van der Waals surface area contributed by atoms with Crippen molar-refractivity contribution in [1.82, 2.24) is 9.80 Å². The zero-order valence-corrected chi connectivity index (χ0v) is 13.8. The average molecular weight is 315 g/mol. The molecule has 1 heterocycles. The lowest BCUT2D eigenvalue weighted by atomic mass is 10.1. The Balaban J connectivity index is 1.56. The molecule has 0 radical (unpaired) electrons. The Morgan fingerprint density at radius 3 is 2.91 bits per heavy atom. The standard InChI is InChI=1S/C18H25N3O2/c1-20(16-8-9-16)13-17(22)19-15-6-4-5-14(11-15)12-21-10-3-2-7-18(21)23/h4-6,11,16H,2-3,7-10,12-13H2,1H3,(H,19,22). The maximum Gasteiger partial charge on any atom is 0.238 e. The molecule has 3 rings (SSSR count). The Morgan fingerprint density at radius 1 is 1.35 bits per heavy atom. The SMILES string of the molecule is CN(CC(=O)Nc1cccc(CN2CCCCC2=O)c1)C1CC1. The van der Waals surface area contributed by atoms with E-state index in [1.165, 1.54) is 12.8 Å². The van der Waals surface area contributed by atoms with E-state index in [4.69, 9.17) is 0 Å². The third kappa shape index (κ3) is 4.55. The van der Waals surface area contributed by atoms with Gasteiger partial charge in [0.15, 0.2) is 0 Å². The predicted molar refractivity (Wildman–Crippen MR) is 90.0 cm³/mol. The summed E-state index contributed by atoms with van der Waals surface area (Å²) in [6, 6.07) is 8.39. The number of hydrogen-bond donors (Lipinski definition) is 1. The third-order valence-corrected chi connectivity index (χ3v) is 4.57. The van der Waals surface area contributed by atoms with Crippen LogP contribution in [0.2, 0.25) is 0 Å². The zero-order chi connectivity index (χ0) is 16.2. The van der Waals surface area contributed by atoms with Gasteiger partial charge in [0.2, 0.25) is 11.8 Å².